The summed E-state index contributed by atoms with van der Waals surface area (Å²) in [6.45, 7) is 0.600. The van der Waals surface area contributed by atoms with E-state index < -0.39 is 10.0 Å². The fraction of sp³-hybridized carbons (Fsp3) is 0.136. The third-order valence-electron chi connectivity index (χ3n) is 4.51. The van der Waals surface area contributed by atoms with E-state index in [1.54, 1.807) is 30.3 Å². The van der Waals surface area contributed by atoms with Crippen LogP contribution in [0.2, 0.25) is 0 Å². The second kappa shape index (κ2) is 8.46. The van der Waals surface area contributed by atoms with Crippen molar-refractivity contribution in [3.63, 3.8) is 0 Å². The third kappa shape index (κ3) is 4.55. The number of anilines is 1. The van der Waals surface area contributed by atoms with E-state index in [0.29, 0.717) is 29.4 Å². The van der Waals surface area contributed by atoms with Crippen LogP contribution in [0.15, 0.2) is 83.8 Å². The van der Waals surface area contributed by atoms with E-state index in [2.05, 4.69) is 10.0 Å². The highest BCUT2D eigenvalue weighted by Crippen LogP contribution is 2.30. The number of hydrogen-bond acceptors (Lipinski definition) is 5. The van der Waals surface area contributed by atoms with Gasteiger partial charge in [-0.25, -0.2) is 8.42 Å². The molecule has 1 aliphatic rings. The lowest BCUT2D eigenvalue weighted by Crippen LogP contribution is -2.40. The fourth-order valence-corrected chi connectivity index (χ4v) is 4.04. The number of benzene rings is 3. The molecule has 3 aromatic rings. The molecule has 0 spiro atoms. The molecule has 154 valence electrons. The number of fused-ring (bicyclic) bond motifs is 1. The molecule has 1 aliphatic heterocycles. The molecule has 2 N–H and O–H groups in total. The molecule has 1 amide bonds. The maximum Gasteiger partial charge on any atom is 0.261 e. The van der Waals surface area contributed by atoms with E-state index in [4.69, 9.17) is 9.47 Å². The van der Waals surface area contributed by atoms with Gasteiger partial charge >= 0.3 is 0 Å². The zero-order chi connectivity index (χ0) is 21.0. The first-order chi connectivity index (χ1) is 14.5. The summed E-state index contributed by atoms with van der Waals surface area (Å²) in [7, 11) is -3.73. The van der Waals surface area contributed by atoms with E-state index in [1.165, 1.54) is 24.3 Å². The van der Waals surface area contributed by atoms with Gasteiger partial charge in [-0.3, -0.25) is 9.52 Å². The Morgan fingerprint density at radius 2 is 1.57 bits per heavy atom. The Morgan fingerprint density at radius 3 is 2.30 bits per heavy atom. The summed E-state index contributed by atoms with van der Waals surface area (Å²) in [6, 6.07) is 21.7. The molecule has 1 atom stereocenters. The molecule has 8 heteroatoms. The minimum absolute atomic E-state index is 0.0727. The van der Waals surface area contributed by atoms with Gasteiger partial charge in [-0.2, -0.15) is 0 Å². The molecule has 0 radical (unpaired) electrons. The molecule has 3 aromatic carbocycles. The van der Waals surface area contributed by atoms with Crippen molar-refractivity contribution in [3.05, 3.63) is 84.4 Å². The second-order valence-electron chi connectivity index (χ2n) is 6.70. The number of hydrogen-bond donors (Lipinski definition) is 2. The van der Waals surface area contributed by atoms with Gasteiger partial charge in [0.25, 0.3) is 15.9 Å². The molecule has 7 nitrogen and oxygen atoms in total. The minimum atomic E-state index is -3.73. The van der Waals surface area contributed by atoms with E-state index in [1.807, 2.05) is 24.3 Å². The maximum atomic E-state index is 12.5. The van der Waals surface area contributed by atoms with E-state index in [-0.39, 0.29) is 23.5 Å². The number of carbonyl (C=O) groups excluding carboxylic acids is 1. The lowest BCUT2D eigenvalue weighted by Gasteiger charge is -2.26. The van der Waals surface area contributed by atoms with Crippen molar-refractivity contribution in [2.45, 2.75) is 11.0 Å². The maximum absolute atomic E-state index is 12.5. The summed E-state index contributed by atoms with van der Waals surface area (Å²) in [6.07, 6.45) is -0.307. The molecule has 0 unspecified atom stereocenters. The Balaban J connectivity index is 1.35. The number of amides is 1. The van der Waals surface area contributed by atoms with Crippen LogP contribution in [0.25, 0.3) is 0 Å². The molecule has 0 aliphatic carbocycles. The quantitative estimate of drug-likeness (QED) is 0.634. The van der Waals surface area contributed by atoms with Crippen LogP contribution in [0.3, 0.4) is 0 Å². The zero-order valence-corrected chi connectivity index (χ0v) is 16.8. The minimum Gasteiger partial charge on any atom is -0.486 e. The molecule has 30 heavy (non-hydrogen) atoms. The summed E-state index contributed by atoms with van der Waals surface area (Å²) in [4.78, 5) is 12.5. The smallest absolute Gasteiger partial charge is 0.261 e. The number of ether oxygens (including phenoxy) is 2. The van der Waals surface area contributed by atoms with Crippen molar-refractivity contribution in [1.29, 1.82) is 0 Å². The monoisotopic (exact) mass is 424 g/mol. The molecule has 0 bridgehead atoms. The SMILES string of the molecule is O=C(NC[C@@H]1COc2ccccc2O1)c1ccc(S(=O)(=O)Nc2ccccc2)cc1. The first-order valence-electron chi connectivity index (χ1n) is 9.36. The Hall–Kier alpha value is -3.52. The first kappa shape index (κ1) is 19.8. The van der Waals surface area contributed by atoms with Crippen LogP contribution in [0.1, 0.15) is 10.4 Å². The van der Waals surface area contributed by atoms with E-state index in [0.717, 1.165) is 0 Å². The number of sulfonamides is 1. The van der Waals surface area contributed by atoms with Crippen molar-refractivity contribution < 1.29 is 22.7 Å². The predicted molar refractivity (Wildman–Crippen MR) is 112 cm³/mol. The summed E-state index contributed by atoms with van der Waals surface area (Å²) in [5.41, 5.74) is 0.821. The van der Waals surface area contributed by atoms with Gasteiger partial charge in [-0.15, -0.1) is 0 Å². The van der Waals surface area contributed by atoms with Crippen LogP contribution < -0.4 is 19.5 Å². The molecule has 4 rings (SSSR count). The summed E-state index contributed by atoms with van der Waals surface area (Å²) in [5, 5.41) is 2.79. The Kier molecular flexibility index (Phi) is 5.58. The van der Waals surface area contributed by atoms with Crippen LogP contribution in [0, 0.1) is 0 Å². The molecule has 0 fully saturated rings. The number of carbonyl (C=O) groups is 1. The van der Waals surface area contributed by atoms with Gasteiger partial charge < -0.3 is 14.8 Å². The molecule has 1 heterocycles. The van der Waals surface area contributed by atoms with Gasteiger partial charge in [-0.1, -0.05) is 30.3 Å². The van der Waals surface area contributed by atoms with E-state index in [9.17, 15) is 13.2 Å². The standard InChI is InChI=1S/C22H20N2O5S/c25-22(23-14-18-15-28-20-8-4-5-9-21(20)29-18)16-10-12-19(13-11-16)30(26,27)24-17-6-2-1-3-7-17/h1-13,18,24H,14-15H2,(H,23,25)/t18-/m1/s1. The summed E-state index contributed by atoms with van der Waals surface area (Å²) >= 11 is 0. The van der Waals surface area contributed by atoms with Gasteiger partial charge in [-0.05, 0) is 48.5 Å². The highest BCUT2D eigenvalue weighted by atomic mass is 32.2. The van der Waals surface area contributed by atoms with Gasteiger partial charge in [0.1, 0.15) is 12.7 Å². The fourth-order valence-electron chi connectivity index (χ4n) is 2.98. The van der Waals surface area contributed by atoms with Gasteiger partial charge in [0.15, 0.2) is 11.5 Å². The third-order valence-corrected chi connectivity index (χ3v) is 5.91. The largest absolute Gasteiger partial charge is 0.486 e. The summed E-state index contributed by atoms with van der Waals surface area (Å²) in [5.74, 6) is 1.00. The highest BCUT2D eigenvalue weighted by Gasteiger charge is 2.21. The highest BCUT2D eigenvalue weighted by molar-refractivity contribution is 7.92. The second-order valence-corrected chi connectivity index (χ2v) is 8.39. The average molecular weight is 424 g/mol. The van der Waals surface area contributed by atoms with Gasteiger partial charge in [0.05, 0.1) is 11.4 Å². The molecule has 0 saturated heterocycles. The Labute approximate surface area is 174 Å². The Morgan fingerprint density at radius 1 is 0.900 bits per heavy atom. The molecule has 0 aromatic heterocycles. The average Bonchev–Trinajstić information content (AvgIpc) is 2.78. The first-order valence-corrected chi connectivity index (χ1v) is 10.8. The van der Waals surface area contributed by atoms with Crippen LogP contribution >= 0.6 is 0 Å². The van der Waals surface area contributed by atoms with Gasteiger partial charge in [0, 0.05) is 11.3 Å². The van der Waals surface area contributed by atoms with Crippen LogP contribution in [-0.2, 0) is 10.0 Å². The van der Waals surface area contributed by atoms with Crippen molar-refractivity contribution in [1.82, 2.24) is 5.32 Å². The van der Waals surface area contributed by atoms with Crippen LogP contribution in [0.4, 0.5) is 5.69 Å². The van der Waals surface area contributed by atoms with Gasteiger partial charge in [0.2, 0.25) is 0 Å². The Bertz CT molecular complexity index is 1130. The number of nitrogens with one attached hydrogen (secondary N) is 2. The predicted octanol–water partition coefficient (Wildman–Crippen LogP) is 3.06. The zero-order valence-electron chi connectivity index (χ0n) is 15.9. The molecule has 0 saturated carbocycles. The number of para-hydroxylation sites is 3. The molecular formula is C22H20N2O5S. The normalized spacial score (nSPS) is 15.3. The van der Waals surface area contributed by atoms with Crippen molar-refractivity contribution in [3.8, 4) is 11.5 Å². The van der Waals surface area contributed by atoms with Crippen LogP contribution in [-0.4, -0.2) is 33.6 Å². The number of rotatable bonds is 6. The summed E-state index contributed by atoms with van der Waals surface area (Å²) < 4.78 is 38.9. The van der Waals surface area contributed by atoms with Crippen molar-refractivity contribution in [2.24, 2.45) is 0 Å². The molecular weight excluding hydrogens is 404 g/mol. The van der Waals surface area contributed by atoms with Crippen molar-refractivity contribution in [2.75, 3.05) is 17.9 Å². The lowest BCUT2D eigenvalue weighted by molar-refractivity contribution is 0.0789. The lowest BCUT2D eigenvalue weighted by atomic mass is 10.2. The van der Waals surface area contributed by atoms with E-state index >= 15 is 0 Å². The van der Waals surface area contributed by atoms with Crippen molar-refractivity contribution >= 4 is 21.6 Å². The van der Waals surface area contributed by atoms with Crippen LogP contribution in [0.5, 0.6) is 11.5 Å². The topological polar surface area (TPSA) is 93.7 Å².